The van der Waals surface area contributed by atoms with Crippen LogP contribution in [0.5, 0.6) is 0 Å². The van der Waals surface area contributed by atoms with Crippen LogP contribution in [0.25, 0.3) is 0 Å². The number of esters is 1. The van der Waals surface area contributed by atoms with E-state index in [2.05, 4.69) is 4.74 Å². The molecule has 0 spiro atoms. The first-order valence-corrected chi connectivity index (χ1v) is 4.45. The maximum atomic E-state index is 11.3. The van der Waals surface area contributed by atoms with Crippen molar-refractivity contribution in [3.63, 3.8) is 0 Å². The number of carboxylic acids is 1. The summed E-state index contributed by atoms with van der Waals surface area (Å²) >= 11 is 0. The fourth-order valence-electron chi connectivity index (χ4n) is 2.71. The summed E-state index contributed by atoms with van der Waals surface area (Å²) in [5, 5.41) is 8.92. The topological polar surface area (TPSA) is 63.6 Å². The van der Waals surface area contributed by atoms with Gasteiger partial charge in [0.2, 0.25) is 0 Å². The number of fused-ring (bicyclic) bond motifs is 1. The molecule has 4 nitrogen and oxygen atoms in total. The lowest BCUT2D eigenvalue weighted by Crippen LogP contribution is -2.27. The van der Waals surface area contributed by atoms with Crippen molar-refractivity contribution < 1.29 is 19.4 Å². The quantitative estimate of drug-likeness (QED) is 0.635. The Morgan fingerprint density at radius 2 is 1.77 bits per heavy atom. The van der Waals surface area contributed by atoms with Gasteiger partial charge >= 0.3 is 11.9 Å². The Bertz CT molecular complexity index is 254. The van der Waals surface area contributed by atoms with Crippen molar-refractivity contribution >= 4 is 11.9 Å². The lowest BCUT2D eigenvalue weighted by atomic mass is 9.82. The minimum atomic E-state index is -0.847. The molecule has 4 heteroatoms. The third kappa shape index (κ3) is 1.04. The molecule has 2 atom stereocenters. The molecule has 13 heavy (non-hydrogen) atoms. The number of ether oxygens (including phenoxy) is 1. The maximum Gasteiger partial charge on any atom is 0.309 e. The van der Waals surface area contributed by atoms with Gasteiger partial charge in [-0.15, -0.1) is 0 Å². The summed E-state index contributed by atoms with van der Waals surface area (Å²) in [7, 11) is 1.32. The standard InChI is InChI=1S/C9H12O4/c1-13-9(12)7-5-2-4(3-5)6(7)8(10)11/h4-7H,2-3H2,1H3,(H,10,11). The molecular formula is C9H12O4. The fourth-order valence-corrected chi connectivity index (χ4v) is 2.71. The predicted molar refractivity (Wildman–Crippen MR) is 42.8 cm³/mol. The molecule has 0 radical (unpaired) electrons. The second kappa shape index (κ2) is 2.72. The van der Waals surface area contributed by atoms with Crippen LogP contribution in [0.1, 0.15) is 12.8 Å². The molecule has 0 aromatic rings. The van der Waals surface area contributed by atoms with Crippen LogP contribution < -0.4 is 0 Å². The molecule has 3 aliphatic rings. The average molecular weight is 184 g/mol. The molecule has 3 fully saturated rings. The lowest BCUT2D eigenvalue weighted by Gasteiger charge is -2.23. The van der Waals surface area contributed by atoms with Crippen LogP contribution in [-0.4, -0.2) is 24.2 Å². The van der Waals surface area contributed by atoms with Gasteiger partial charge in [-0.25, -0.2) is 0 Å². The second-order valence-corrected chi connectivity index (χ2v) is 3.90. The van der Waals surface area contributed by atoms with Crippen LogP contribution in [0.3, 0.4) is 0 Å². The van der Waals surface area contributed by atoms with E-state index in [1.165, 1.54) is 7.11 Å². The first-order valence-electron chi connectivity index (χ1n) is 4.45. The second-order valence-electron chi connectivity index (χ2n) is 3.90. The Balaban J connectivity index is 2.17. The highest BCUT2D eigenvalue weighted by Gasteiger charge is 2.58. The molecule has 72 valence electrons. The Labute approximate surface area is 75.9 Å². The maximum absolute atomic E-state index is 11.3. The first kappa shape index (κ1) is 8.53. The van der Waals surface area contributed by atoms with E-state index in [0.29, 0.717) is 0 Å². The average Bonchev–Trinajstić information content (AvgIpc) is 2.54. The van der Waals surface area contributed by atoms with E-state index in [1.807, 2.05) is 0 Å². The molecule has 0 aliphatic heterocycles. The third-order valence-electron chi connectivity index (χ3n) is 3.37. The number of carbonyl (C=O) groups is 2. The molecule has 0 aromatic heterocycles. The smallest absolute Gasteiger partial charge is 0.309 e. The van der Waals surface area contributed by atoms with Gasteiger partial charge in [-0.3, -0.25) is 9.59 Å². The fraction of sp³-hybridized carbons (Fsp3) is 0.778. The van der Waals surface area contributed by atoms with Crippen molar-refractivity contribution in [2.75, 3.05) is 7.11 Å². The van der Waals surface area contributed by atoms with E-state index < -0.39 is 11.9 Å². The number of hydrogen-bond acceptors (Lipinski definition) is 3. The van der Waals surface area contributed by atoms with Gasteiger partial charge in [0.25, 0.3) is 0 Å². The highest BCUT2D eigenvalue weighted by Crippen LogP contribution is 2.56. The van der Waals surface area contributed by atoms with Gasteiger partial charge in [-0.2, -0.15) is 0 Å². The first-order chi connectivity index (χ1) is 6.15. The zero-order valence-corrected chi connectivity index (χ0v) is 7.40. The Morgan fingerprint density at radius 3 is 2.23 bits per heavy atom. The molecule has 3 saturated carbocycles. The monoisotopic (exact) mass is 184 g/mol. The van der Waals surface area contributed by atoms with Crippen molar-refractivity contribution in [1.82, 2.24) is 0 Å². The molecule has 0 aromatic carbocycles. The molecular weight excluding hydrogens is 172 g/mol. The van der Waals surface area contributed by atoms with Gasteiger partial charge in [0.05, 0.1) is 18.9 Å². The molecule has 0 heterocycles. The SMILES string of the molecule is COC(=O)C1C2CC(C2)C1C(=O)O. The van der Waals surface area contributed by atoms with Gasteiger partial charge in [0.1, 0.15) is 0 Å². The molecule has 3 aliphatic carbocycles. The van der Waals surface area contributed by atoms with Crippen molar-refractivity contribution in [2.24, 2.45) is 23.7 Å². The number of hydrogen-bond donors (Lipinski definition) is 1. The lowest BCUT2D eigenvalue weighted by molar-refractivity contribution is -0.154. The summed E-state index contributed by atoms with van der Waals surface area (Å²) < 4.78 is 4.61. The number of carboxylic acid groups (broad SMARTS) is 1. The molecule has 1 N–H and O–H groups in total. The van der Waals surface area contributed by atoms with Crippen molar-refractivity contribution in [1.29, 1.82) is 0 Å². The van der Waals surface area contributed by atoms with Crippen LogP contribution >= 0.6 is 0 Å². The molecule has 0 amide bonds. The van der Waals surface area contributed by atoms with Crippen molar-refractivity contribution in [2.45, 2.75) is 12.8 Å². The van der Waals surface area contributed by atoms with E-state index in [0.717, 1.165) is 12.8 Å². The van der Waals surface area contributed by atoms with E-state index in [4.69, 9.17) is 5.11 Å². The minimum absolute atomic E-state index is 0.214. The van der Waals surface area contributed by atoms with Gasteiger partial charge in [-0.1, -0.05) is 0 Å². The van der Waals surface area contributed by atoms with Crippen molar-refractivity contribution in [3.05, 3.63) is 0 Å². The van der Waals surface area contributed by atoms with Crippen LogP contribution in [0.15, 0.2) is 0 Å². The Morgan fingerprint density at radius 1 is 1.23 bits per heavy atom. The van der Waals surface area contributed by atoms with Crippen LogP contribution in [-0.2, 0) is 14.3 Å². The van der Waals surface area contributed by atoms with E-state index in [1.54, 1.807) is 0 Å². The summed E-state index contributed by atoms with van der Waals surface area (Å²) in [6.45, 7) is 0. The van der Waals surface area contributed by atoms with E-state index in [-0.39, 0.29) is 23.7 Å². The number of aliphatic carboxylic acids is 1. The number of methoxy groups -OCH3 is 1. The van der Waals surface area contributed by atoms with Gasteiger partial charge in [0.15, 0.2) is 0 Å². The summed E-state index contributed by atoms with van der Waals surface area (Å²) in [4.78, 5) is 22.1. The highest BCUT2D eigenvalue weighted by molar-refractivity contribution is 5.83. The van der Waals surface area contributed by atoms with Crippen LogP contribution in [0, 0.1) is 23.7 Å². The normalized spacial score (nSPS) is 41.0. The van der Waals surface area contributed by atoms with Gasteiger partial charge in [0, 0.05) is 0 Å². The summed E-state index contributed by atoms with van der Waals surface area (Å²) in [6, 6.07) is 0. The van der Waals surface area contributed by atoms with Gasteiger partial charge < -0.3 is 9.84 Å². The third-order valence-corrected chi connectivity index (χ3v) is 3.37. The predicted octanol–water partition coefficient (Wildman–Crippen LogP) is 0.516. The highest BCUT2D eigenvalue weighted by atomic mass is 16.5. The van der Waals surface area contributed by atoms with Crippen LogP contribution in [0.4, 0.5) is 0 Å². The molecule has 3 rings (SSSR count). The van der Waals surface area contributed by atoms with E-state index in [9.17, 15) is 9.59 Å². The molecule has 2 unspecified atom stereocenters. The number of rotatable bonds is 2. The summed E-state index contributed by atoms with van der Waals surface area (Å²) in [6.07, 6.45) is 1.77. The number of carbonyl (C=O) groups excluding carboxylic acids is 1. The Hall–Kier alpha value is -1.06. The Kier molecular flexibility index (Phi) is 1.78. The zero-order chi connectivity index (χ0) is 9.59. The molecule has 2 bridgehead atoms. The van der Waals surface area contributed by atoms with Crippen LogP contribution in [0.2, 0.25) is 0 Å². The zero-order valence-electron chi connectivity index (χ0n) is 7.40. The van der Waals surface area contributed by atoms with Crippen molar-refractivity contribution in [3.8, 4) is 0 Å². The largest absolute Gasteiger partial charge is 0.481 e. The van der Waals surface area contributed by atoms with E-state index >= 15 is 0 Å². The minimum Gasteiger partial charge on any atom is -0.481 e. The summed E-state index contributed by atoms with van der Waals surface area (Å²) in [5.41, 5.74) is 0. The summed E-state index contributed by atoms with van der Waals surface area (Å²) in [5.74, 6) is -1.59. The molecule has 0 saturated heterocycles. The van der Waals surface area contributed by atoms with Gasteiger partial charge in [-0.05, 0) is 24.7 Å².